The number of hydrogen-bond donors (Lipinski definition) is 1. The number of nitrogens with one attached hydrogen (secondary N) is 1. The summed E-state index contributed by atoms with van der Waals surface area (Å²) in [7, 11) is 6.45. The Morgan fingerprint density at radius 2 is 1.73 bits per heavy atom. The third-order valence-corrected chi connectivity index (χ3v) is 4.28. The Morgan fingerprint density at radius 1 is 1.18 bits per heavy atom. The normalized spacial score (nSPS) is 15.7. The van der Waals surface area contributed by atoms with E-state index in [9.17, 15) is 4.79 Å². The number of nitrogens with zero attached hydrogens (tertiary/aromatic N) is 1. The van der Waals surface area contributed by atoms with Crippen LogP contribution in [0.2, 0.25) is 0 Å². The molecule has 0 radical (unpaired) electrons. The van der Waals surface area contributed by atoms with Crippen LogP contribution in [-0.4, -0.2) is 47.4 Å². The monoisotopic (exact) mass is 308 g/mol. The molecule has 0 saturated carbocycles. The number of benzene rings is 1. The Morgan fingerprint density at radius 3 is 2.09 bits per heavy atom. The van der Waals surface area contributed by atoms with Crippen LogP contribution in [0.1, 0.15) is 6.92 Å². The lowest BCUT2D eigenvalue weighted by molar-refractivity contribution is -0.123. The number of anilines is 1. The lowest BCUT2D eigenvalue weighted by atomic mass is 9.88. The van der Waals surface area contributed by atoms with Gasteiger partial charge in [-0.05, 0) is 19.0 Å². The molecule has 1 aromatic rings. The molecule has 1 amide bonds. The van der Waals surface area contributed by atoms with Crippen LogP contribution in [0.3, 0.4) is 0 Å². The number of carbonyl (C=O) groups is 1. The first kappa shape index (κ1) is 16.4. The van der Waals surface area contributed by atoms with Gasteiger partial charge in [0.05, 0.1) is 27.0 Å². The summed E-state index contributed by atoms with van der Waals surface area (Å²) in [4.78, 5) is 14.3. The van der Waals surface area contributed by atoms with Crippen molar-refractivity contribution in [2.45, 2.75) is 6.92 Å². The molecule has 1 saturated heterocycles. The number of carbonyl (C=O) groups excluding carboxylic acids is 1. The summed E-state index contributed by atoms with van der Waals surface area (Å²) < 4.78 is 16.0. The van der Waals surface area contributed by atoms with Gasteiger partial charge in [0.2, 0.25) is 11.7 Å². The molecule has 1 aromatic carbocycles. The minimum Gasteiger partial charge on any atom is -0.493 e. The lowest BCUT2D eigenvalue weighted by Gasteiger charge is -2.34. The number of methoxy groups -OCH3 is 3. The van der Waals surface area contributed by atoms with Crippen molar-refractivity contribution >= 4 is 11.6 Å². The molecule has 122 valence electrons. The summed E-state index contributed by atoms with van der Waals surface area (Å²) in [5.41, 5.74) is 0.721. The SMILES string of the molecule is COc1cc(N(C)C(=O)C(C)C2CNC2)cc(OC)c1OC. The summed E-state index contributed by atoms with van der Waals surface area (Å²) in [5, 5.41) is 3.20. The average molecular weight is 308 g/mol. The van der Waals surface area contributed by atoms with E-state index in [0.717, 1.165) is 18.8 Å². The Balaban J connectivity index is 2.28. The van der Waals surface area contributed by atoms with Crippen molar-refractivity contribution in [1.29, 1.82) is 0 Å². The highest BCUT2D eigenvalue weighted by Crippen LogP contribution is 2.41. The van der Waals surface area contributed by atoms with Crippen LogP contribution in [0.4, 0.5) is 5.69 Å². The highest BCUT2D eigenvalue weighted by atomic mass is 16.5. The molecule has 0 aromatic heterocycles. The molecular weight excluding hydrogens is 284 g/mol. The van der Waals surface area contributed by atoms with E-state index >= 15 is 0 Å². The van der Waals surface area contributed by atoms with Crippen LogP contribution in [0, 0.1) is 11.8 Å². The fourth-order valence-corrected chi connectivity index (χ4v) is 2.56. The molecule has 0 bridgehead atoms. The van der Waals surface area contributed by atoms with Crippen molar-refractivity contribution in [3.8, 4) is 17.2 Å². The lowest BCUT2D eigenvalue weighted by Crippen LogP contribution is -2.50. The Labute approximate surface area is 131 Å². The van der Waals surface area contributed by atoms with Crippen LogP contribution in [0.15, 0.2) is 12.1 Å². The summed E-state index contributed by atoms with van der Waals surface area (Å²) in [5.74, 6) is 2.05. The highest BCUT2D eigenvalue weighted by molar-refractivity contribution is 5.95. The van der Waals surface area contributed by atoms with Crippen molar-refractivity contribution in [2.75, 3.05) is 46.4 Å². The van der Waals surface area contributed by atoms with E-state index in [0.29, 0.717) is 23.2 Å². The summed E-state index contributed by atoms with van der Waals surface area (Å²) in [6, 6.07) is 3.57. The first-order chi connectivity index (χ1) is 10.5. The number of amides is 1. The first-order valence-corrected chi connectivity index (χ1v) is 7.31. The van der Waals surface area contributed by atoms with Gasteiger partial charge >= 0.3 is 0 Å². The van der Waals surface area contributed by atoms with Gasteiger partial charge in [0.25, 0.3) is 0 Å². The van der Waals surface area contributed by atoms with Crippen LogP contribution in [0.5, 0.6) is 17.2 Å². The van der Waals surface area contributed by atoms with Gasteiger partial charge in [-0.2, -0.15) is 0 Å². The third kappa shape index (κ3) is 2.97. The average Bonchev–Trinajstić information content (AvgIpc) is 2.49. The molecule has 1 aliphatic rings. The minimum absolute atomic E-state index is 0.0228. The molecule has 22 heavy (non-hydrogen) atoms. The van der Waals surface area contributed by atoms with Gasteiger partial charge in [0, 0.05) is 25.1 Å². The standard InChI is InChI=1S/C16H24N2O4/c1-10(11-8-17-9-11)16(19)18(2)12-6-13(20-3)15(22-5)14(7-12)21-4/h6-7,10-11,17H,8-9H2,1-5H3. The second kappa shape index (κ2) is 6.87. The van der Waals surface area contributed by atoms with E-state index in [1.54, 1.807) is 45.4 Å². The van der Waals surface area contributed by atoms with E-state index in [1.807, 2.05) is 6.92 Å². The predicted molar refractivity (Wildman–Crippen MR) is 85.0 cm³/mol. The Kier molecular flexibility index (Phi) is 5.13. The molecule has 1 atom stereocenters. The van der Waals surface area contributed by atoms with Crippen LogP contribution in [0.25, 0.3) is 0 Å². The van der Waals surface area contributed by atoms with Crippen LogP contribution >= 0.6 is 0 Å². The summed E-state index contributed by atoms with van der Waals surface area (Å²) >= 11 is 0. The summed E-state index contributed by atoms with van der Waals surface area (Å²) in [6.07, 6.45) is 0. The zero-order chi connectivity index (χ0) is 16.3. The molecule has 0 spiro atoms. The Bertz CT molecular complexity index is 518. The minimum atomic E-state index is -0.0228. The van der Waals surface area contributed by atoms with Gasteiger partial charge in [0.1, 0.15) is 0 Å². The summed E-state index contributed by atoms with van der Waals surface area (Å²) in [6.45, 7) is 3.77. The second-order valence-corrected chi connectivity index (χ2v) is 5.49. The van der Waals surface area contributed by atoms with E-state index < -0.39 is 0 Å². The molecule has 6 nitrogen and oxygen atoms in total. The van der Waals surface area contributed by atoms with E-state index in [4.69, 9.17) is 14.2 Å². The smallest absolute Gasteiger partial charge is 0.229 e. The molecule has 1 unspecified atom stereocenters. The van der Waals surface area contributed by atoms with Gasteiger partial charge in [-0.3, -0.25) is 4.79 Å². The maximum Gasteiger partial charge on any atom is 0.229 e. The fourth-order valence-electron chi connectivity index (χ4n) is 2.56. The molecule has 1 fully saturated rings. The zero-order valence-electron chi connectivity index (χ0n) is 13.8. The van der Waals surface area contributed by atoms with Gasteiger partial charge in [-0.15, -0.1) is 0 Å². The van der Waals surface area contributed by atoms with Crippen molar-refractivity contribution in [3.63, 3.8) is 0 Å². The van der Waals surface area contributed by atoms with Crippen LogP contribution < -0.4 is 24.4 Å². The highest BCUT2D eigenvalue weighted by Gasteiger charge is 2.31. The van der Waals surface area contributed by atoms with E-state index in [2.05, 4.69) is 5.32 Å². The number of ether oxygens (including phenoxy) is 3. The molecule has 0 aliphatic carbocycles. The fraction of sp³-hybridized carbons (Fsp3) is 0.562. The number of rotatable bonds is 6. The molecule has 1 aliphatic heterocycles. The van der Waals surface area contributed by atoms with E-state index in [1.165, 1.54) is 0 Å². The molecular formula is C16H24N2O4. The largest absolute Gasteiger partial charge is 0.493 e. The van der Waals surface area contributed by atoms with Gasteiger partial charge < -0.3 is 24.4 Å². The first-order valence-electron chi connectivity index (χ1n) is 7.31. The second-order valence-electron chi connectivity index (χ2n) is 5.49. The van der Waals surface area contributed by atoms with Gasteiger partial charge in [0.15, 0.2) is 11.5 Å². The van der Waals surface area contributed by atoms with Crippen molar-refractivity contribution < 1.29 is 19.0 Å². The molecule has 2 rings (SSSR count). The molecule has 1 N–H and O–H groups in total. The maximum atomic E-state index is 12.6. The topological polar surface area (TPSA) is 60.0 Å². The van der Waals surface area contributed by atoms with E-state index in [-0.39, 0.29) is 11.8 Å². The van der Waals surface area contributed by atoms with Crippen molar-refractivity contribution in [1.82, 2.24) is 5.32 Å². The van der Waals surface area contributed by atoms with Crippen LogP contribution in [-0.2, 0) is 4.79 Å². The molecule has 6 heteroatoms. The zero-order valence-corrected chi connectivity index (χ0v) is 13.8. The maximum absolute atomic E-state index is 12.6. The molecule has 1 heterocycles. The van der Waals surface area contributed by atoms with Crippen molar-refractivity contribution in [3.05, 3.63) is 12.1 Å². The predicted octanol–water partition coefficient (Wildman–Crippen LogP) is 1.53. The van der Waals surface area contributed by atoms with Crippen molar-refractivity contribution in [2.24, 2.45) is 11.8 Å². The third-order valence-electron chi connectivity index (χ3n) is 4.28. The van der Waals surface area contributed by atoms with Gasteiger partial charge in [-0.1, -0.05) is 6.92 Å². The van der Waals surface area contributed by atoms with Gasteiger partial charge in [-0.25, -0.2) is 0 Å². The quantitative estimate of drug-likeness (QED) is 0.863. The number of hydrogen-bond acceptors (Lipinski definition) is 5. The Hall–Kier alpha value is -1.95.